The average Bonchev–Trinajstić information content (AvgIpc) is 3.33. The second-order valence-electron chi connectivity index (χ2n) is 9.74. The van der Waals surface area contributed by atoms with E-state index in [2.05, 4.69) is 5.32 Å². The molecule has 4 aliphatic rings. The van der Waals surface area contributed by atoms with Crippen LogP contribution in [0.25, 0.3) is 0 Å². The molecule has 6 rings (SSSR count). The summed E-state index contributed by atoms with van der Waals surface area (Å²) in [4.78, 5) is 42.3. The fraction of sp³-hybridized carbons (Fsp3) is 0.423. The van der Waals surface area contributed by atoms with Crippen molar-refractivity contribution in [2.45, 2.75) is 63.3 Å². The average molecular weight is 462 g/mol. The molecule has 1 saturated carbocycles. The predicted molar refractivity (Wildman–Crippen MR) is 125 cm³/mol. The Labute approximate surface area is 197 Å². The summed E-state index contributed by atoms with van der Waals surface area (Å²) in [6, 6.07) is 12.4. The number of hydrogen-bond acceptors (Lipinski definition) is 5. The molecule has 8 nitrogen and oxygen atoms in total. The Hall–Kier alpha value is -3.55. The Morgan fingerprint density at radius 2 is 1.76 bits per heavy atom. The number of carbonyl (C=O) groups excluding carboxylic acids is 3. The number of ether oxygens (including phenoxy) is 2. The lowest BCUT2D eigenvalue weighted by Crippen LogP contribution is -2.63. The van der Waals surface area contributed by atoms with Crippen LogP contribution in [0, 0.1) is 0 Å². The molecule has 176 valence electrons. The summed E-state index contributed by atoms with van der Waals surface area (Å²) in [6.07, 6.45) is 5.86. The highest BCUT2D eigenvalue weighted by atomic mass is 16.7. The first kappa shape index (κ1) is 21.0. The van der Waals surface area contributed by atoms with Gasteiger partial charge in [0.1, 0.15) is 12.2 Å². The molecule has 8 heteroatoms. The Balaban J connectivity index is 1.21. The van der Waals surface area contributed by atoms with Gasteiger partial charge >= 0.3 is 0 Å². The smallest absolute Gasteiger partial charge is 0.258 e. The van der Waals surface area contributed by atoms with Gasteiger partial charge in [-0.15, -0.1) is 0 Å². The molecular formula is C26H27N3O5. The Morgan fingerprint density at radius 3 is 2.59 bits per heavy atom. The van der Waals surface area contributed by atoms with E-state index >= 15 is 0 Å². The van der Waals surface area contributed by atoms with Gasteiger partial charge in [-0.2, -0.15) is 0 Å². The molecule has 1 atom stereocenters. The van der Waals surface area contributed by atoms with Crippen molar-refractivity contribution >= 4 is 29.1 Å². The summed E-state index contributed by atoms with van der Waals surface area (Å²) < 4.78 is 12.3. The normalized spacial score (nSPS) is 24.3. The van der Waals surface area contributed by atoms with Crippen LogP contribution in [0.1, 0.15) is 62.2 Å². The molecule has 0 aromatic heterocycles. The number of para-hydroxylation sites is 1. The lowest BCUT2D eigenvalue weighted by atomic mass is 9.94. The zero-order valence-electron chi connectivity index (χ0n) is 19.1. The summed E-state index contributed by atoms with van der Waals surface area (Å²) in [5.41, 5.74) is 0.752. The van der Waals surface area contributed by atoms with Crippen molar-refractivity contribution in [1.29, 1.82) is 0 Å². The van der Waals surface area contributed by atoms with Crippen LogP contribution in [0.15, 0.2) is 42.5 Å². The minimum Gasteiger partial charge on any atom is -0.448 e. The molecule has 0 bridgehead atoms. The van der Waals surface area contributed by atoms with Crippen LogP contribution in [0.5, 0.6) is 11.5 Å². The molecule has 1 spiro atoms. The predicted octanol–water partition coefficient (Wildman–Crippen LogP) is 4.06. The molecular weight excluding hydrogens is 434 g/mol. The molecule has 1 unspecified atom stereocenters. The van der Waals surface area contributed by atoms with Gasteiger partial charge in [-0.3, -0.25) is 19.3 Å². The van der Waals surface area contributed by atoms with E-state index < -0.39 is 11.4 Å². The molecule has 1 saturated heterocycles. The Kier molecular flexibility index (Phi) is 4.62. The second kappa shape index (κ2) is 7.48. The first-order valence-corrected chi connectivity index (χ1v) is 11.9. The van der Waals surface area contributed by atoms with E-state index in [0.29, 0.717) is 41.3 Å². The number of benzene rings is 2. The number of nitrogens with one attached hydrogen (secondary N) is 1. The maximum absolute atomic E-state index is 13.4. The van der Waals surface area contributed by atoms with Crippen LogP contribution in [0.3, 0.4) is 0 Å². The number of amides is 3. The summed E-state index contributed by atoms with van der Waals surface area (Å²) in [5, 5.41) is 2.89. The minimum atomic E-state index is -0.873. The maximum atomic E-state index is 13.4. The molecule has 3 heterocycles. The third-order valence-electron chi connectivity index (χ3n) is 7.48. The molecule has 2 aromatic rings. The van der Waals surface area contributed by atoms with Crippen molar-refractivity contribution in [1.82, 2.24) is 4.90 Å². The summed E-state index contributed by atoms with van der Waals surface area (Å²) >= 11 is 0. The first-order chi connectivity index (χ1) is 16.4. The second-order valence-corrected chi connectivity index (χ2v) is 9.74. The van der Waals surface area contributed by atoms with Crippen LogP contribution < -0.4 is 19.7 Å². The standard InChI is InChI=1S/C26H27N3O5/c1-25-14-11-23(31)29(25)19-8-4-3-7-18(19)24(32)28(25)16-22(30)27-17-9-10-20-21(15-17)34-26(33-20)12-5-2-6-13-26/h3-4,7-10,15H,2,5-6,11-14,16H2,1H3,(H,27,30). The van der Waals surface area contributed by atoms with Gasteiger partial charge in [0.2, 0.25) is 11.8 Å². The van der Waals surface area contributed by atoms with Gasteiger partial charge in [0.25, 0.3) is 11.7 Å². The molecule has 34 heavy (non-hydrogen) atoms. The van der Waals surface area contributed by atoms with Gasteiger partial charge < -0.3 is 19.7 Å². The van der Waals surface area contributed by atoms with Gasteiger partial charge in [0.15, 0.2) is 11.5 Å². The van der Waals surface area contributed by atoms with E-state index in [1.165, 1.54) is 11.3 Å². The monoisotopic (exact) mass is 461 g/mol. The SMILES string of the molecule is CC12CCC(=O)N1c1ccccc1C(=O)N2CC(=O)Nc1ccc2c(c1)OC1(CCCCC1)O2. The van der Waals surface area contributed by atoms with Crippen molar-refractivity contribution in [3.8, 4) is 11.5 Å². The number of nitrogens with zero attached hydrogens (tertiary/aromatic N) is 2. The van der Waals surface area contributed by atoms with E-state index in [9.17, 15) is 14.4 Å². The minimum absolute atomic E-state index is 0.0414. The van der Waals surface area contributed by atoms with Crippen molar-refractivity contribution in [3.05, 3.63) is 48.0 Å². The fourth-order valence-corrected chi connectivity index (χ4v) is 5.75. The molecule has 1 aliphatic carbocycles. The van der Waals surface area contributed by atoms with Crippen molar-refractivity contribution in [3.63, 3.8) is 0 Å². The maximum Gasteiger partial charge on any atom is 0.258 e. The molecule has 1 N–H and O–H groups in total. The van der Waals surface area contributed by atoms with Crippen molar-refractivity contribution in [2.24, 2.45) is 0 Å². The van der Waals surface area contributed by atoms with Crippen molar-refractivity contribution in [2.75, 3.05) is 16.8 Å². The highest BCUT2D eigenvalue weighted by Crippen LogP contribution is 2.47. The fourth-order valence-electron chi connectivity index (χ4n) is 5.75. The molecule has 3 aliphatic heterocycles. The molecule has 3 amide bonds. The number of hydrogen-bond donors (Lipinski definition) is 1. The topological polar surface area (TPSA) is 88.2 Å². The highest BCUT2D eigenvalue weighted by Gasteiger charge is 2.53. The van der Waals surface area contributed by atoms with E-state index in [-0.39, 0.29) is 24.3 Å². The van der Waals surface area contributed by atoms with Crippen LogP contribution in [0.2, 0.25) is 0 Å². The van der Waals surface area contributed by atoms with E-state index in [0.717, 1.165) is 25.7 Å². The largest absolute Gasteiger partial charge is 0.448 e. The highest BCUT2D eigenvalue weighted by molar-refractivity contribution is 6.11. The van der Waals surface area contributed by atoms with Crippen LogP contribution in [-0.2, 0) is 9.59 Å². The van der Waals surface area contributed by atoms with Gasteiger partial charge in [0, 0.05) is 31.0 Å². The number of carbonyl (C=O) groups is 3. The summed E-state index contributed by atoms with van der Waals surface area (Å²) in [6.45, 7) is 1.69. The van der Waals surface area contributed by atoms with Gasteiger partial charge in [-0.1, -0.05) is 18.6 Å². The lowest BCUT2D eigenvalue weighted by Gasteiger charge is -2.48. The first-order valence-electron chi connectivity index (χ1n) is 11.9. The van der Waals surface area contributed by atoms with Crippen LogP contribution >= 0.6 is 0 Å². The van der Waals surface area contributed by atoms with Crippen LogP contribution in [-0.4, -0.2) is 40.6 Å². The van der Waals surface area contributed by atoms with E-state index in [4.69, 9.17) is 9.47 Å². The third-order valence-corrected chi connectivity index (χ3v) is 7.48. The number of anilines is 2. The van der Waals surface area contributed by atoms with E-state index in [1.54, 1.807) is 35.2 Å². The third kappa shape index (κ3) is 3.15. The van der Waals surface area contributed by atoms with Gasteiger partial charge in [-0.05, 0) is 50.5 Å². The number of rotatable bonds is 3. The zero-order valence-corrected chi connectivity index (χ0v) is 19.1. The van der Waals surface area contributed by atoms with Gasteiger partial charge in [-0.25, -0.2) is 0 Å². The lowest BCUT2D eigenvalue weighted by molar-refractivity contribution is -0.120. The van der Waals surface area contributed by atoms with Gasteiger partial charge in [0.05, 0.1) is 11.3 Å². The summed E-state index contributed by atoms with van der Waals surface area (Å²) in [7, 11) is 0. The molecule has 0 radical (unpaired) electrons. The zero-order chi connectivity index (χ0) is 23.5. The number of fused-ring (bicyclic) bond motifs is 4. The van der Waals surface area contributed by atoms with E-state index in [1.807, 2.05) is 19.1 Å². The quantitative estimate of drug-likeness (QED) is 0.745. The van der Waals surface area contributed by atoms with Crippen molar-refractivity contribution < 1.29 is 23.9 Å². The van der Waals surface area contributed by atoms with Crippen LogP contribution in [0.4, 0.5) is 11.4 Å². The molecule has 2 aromatic carbocycles. The Bertz CT molecular complexity index is 1200. The Morgan fingerprint density at radius 1 is 1.00 bits per heavy atom. The summed E-state index contributed by atoms with van der Waals surface area (Å²) in [5.74, 6) is 0.116. The molecule has 2 fully saturated rings.